The van der Waals surface area contributed by atoms with Crippen molar-refractivity contribution >= 4 is 35.0 Å². The summed E-state index contributed by atoms with van der Waals surface area (Å²) in [5.41, 5.74) is 8.64. The highest BCUT2D eigenvalue weighted by atomic mass is 35.5. The predicted molar refractivity (Wildman–Crippen MR) is 127 cm³/mol. The average molecular weight is 486 g/mol. The number of aromatic nitrogens is 6. The second-order valence-electron chi connectivity index (χ2n) is 8.03. The smallest absolute Gasteiger partial charge is 0.252 e. The molecule has 2 aliphatic heterocycles. The van der Waals surface area contributed by atoms with E-state index in [2.05, 4.69) is 20.2 Å². The van der Waals surface area contributed by atoms with Crippen LogP contribution in [0.4, 0.5) is 0 Å². The first-order valence-electron chi connectivity index (χ1n) is 10.7. The zero-order chi connectivity index (χ0) is 24.1. The van der Waals surface area contributed by atoms with Gasteiger partial charge in [-0.15, -0.1) is 4.80 Å². The first-order valence-corrected chi connectivity index (χ1v) is 11.1. The van der Waals surface area contributed by atoms with Gasteiger partial charge in [-0.05, 0) is 37.1 Å². The van der Waals surface area contributed by atoms with E-state index in [-0.39, 0.29) is 10.9 Å². The lowest BCUT2D eigenvalue weighted by Gasteiger charge is -2.27. The summed E-state index contributed by atoms with van der Waals surface area (Å²) in [4.78, 5) is 35.9. The monoisotopic (exact) mass is 485 g/mol. The van der Waals surface area contributed by atoms with Gasteiger partial charge in [0.2, 0.25) is 0 Å². The number of carbonyl (C=O) groups excluding carboxylic acids is 2. The second-order valence-corrected chi connectivity index (χ2v) is 8.43. The van der Waals surface area contributed by atoms with Crippen molar-refractivity contribution in [1.82, 2.24) is 34.7 Å². The Hall–Kier alpha value is -4.60. The molecule has 0 bridgehead atoms. The highest BCUT2D eigenvalue weighted by molar-refractivity contribution is 6.32. The highest BCUT2D eigenvalue weighted by Crippen LogP contribution is 2.45. The Labute approximate surface area is 203 Å². The molecule has 11 nitrogen and oxygen atoms in total. The summed E-state index contributed by atoms with van der Waals surface area (Å²) in [5, 5.41) is 13.2. The Kier molecular flexibility index (Phi) is 4.80. The number of amides is 1. The first kappa shape index (κ1) is 21.0. The van der Waals surface area contributed by atoms with E-state index in [1.165, 1.54) is 23.4 Å². The van der Waals surface area contributed by atoms with Gasteiger partial charge < -0.3 is 5.73 Å². The highest BCUT2D eigenvalue weighted by Gasteiger charge is 2.37. The number of primary amides is 1. The summed E-state index contributed by atoms with van der Waals surface area (Å²) in [6.07, 6.45) is 14.8. The van der Waals surface area contributed by atoms with Crippen molar-refractivity contribution in [3.05, 3.63) is 77.3 Å². The van der Waals surface area contributed by atoms with E-state index >= 15 is 0 Å². The van der Waals surface area contributed by atoms with Gasteiger partial charge in [-0.3, -0.25) is 9.69 Å². The largest absolute Gasteiger partial charge is 0.365 e. The van der Waals surface area contributed by atoms with Crippen molar-refractivity contribution in [3.8, 4) is 17.1 Å². The molecule has 1 amide bonds. The topological polar surface area (TPSA) is 137 Å². The number of fused-ring (bicyclic) bond motifs is 1. The van der Waals surface area contributed by atoms with E-state index in [1.807, 2.05) is 12.0 Å². The van der Waals surface area contributed by atoms with Crippen molar-refractivity contribution in [2.75, 3.05) is 0 Å². The molecule has 5 heterocycles. The van der Waals surface area contributed by atoms with Crippen molar-refractivity contribution in [1.29, 1.82) is 0 Å². The van der Waals surface area contributed by atoms with Gasteiger partial charge in [-0.1, -0.05) is 11.6 Å². The van der Waals surface area contributed by atoms with E-state index in [4.69, 9.17) is 22.4 Å². The van der Waals surface area contributed by atoms with Crippen LogP contribution in [0.1, 0.15) is 34.8 Å². The summed E-state index contributed by atoms with van der Waals surface area (Å²) in [6, 6.07) is 1.65. The number of hydrogen-bond acceptors (Lipinski definition) is 8. The maximum atomic E-state index is 12.7. The van der Waals surface area contributed by atoms with Gasteiger partial charge in [0.15, 0.2) is 17.6 Å². The molecular formula is C23H16ClN9O2. The number of aliphatic imine (C=N–C) groups is 1. The lowest BCUT2D eigenvalue weighted by molar-refractivity contribution is 0.1000. The number of rotatable bonds is 5. The lowest BCUT2D eigenvalue weighted by atomic mass is 10.0. The van der Waals surface area contributed by atoms with Gasteiger partial charge >= 0.3 is 0 Å². The third kappa shape index (κ3) is 3.41. The molecule has 0 spiro atoms. The van der Waals surface area contributed by atoms with Gasteiger partial charge in [0.05, 0.1) is 28.7 Å². The minimum absolute atomic E-state index is 0.107. The molecule has 3 aromatic heterocycles. The second kappa shape index (κ2) is 8.01. The Morgan fingerprint density at radius 1 is 1.23 bits per heavy atom. The van der Waals surface area contributed by atoms with Crippen molar-refractivity contribution < 1.29 is 9.59 Å². The Balaban J connectivity index is 1.53. The van der Waals surface area contributed by atoms with Crippen LogP contribution in [-0.4, -0.2) is 52.3 Å². The maximum Gasteiger partial charge on any atom is 0.252 e. The molecule has 3 aromatic rings. The molecule has 2 N–H and O–H groups in total. The molecule has 0 saturated heterocycles. The van der Waals surface area contributed by atoms with Crippen molar-refractivity contribution in [3.63, 3.8) is 0 Å². The van der Waals surface area contributed by atoms with Crippen LogP contribution in [0.5, 0.6) is 0 Å². The van der Waals surface area contributed by atoms with Gasteiger partial charge in [0.25, 0.3) is 5.91 Å². The minimum Gasteiger partial charge on any atom is -0.365 e. The zero-order valence-electron chi connectivity index (χ0n) is 18.0. The van der Waals surface area contributed by atoms with E-state index in [0.29, 0.717) is 45.6 Å². The number of pyridine rings is 1. The predicted octanol–water partition coefficient (Wildman–Crippen LogP) is 2.47. The average Bonchev–Trinajstić information content (AvgIpc) is 3.40. The van der Waals surface area contributed by atoms with E-state index < -0.39 is 5.91 Å². The molecule has 1 fully saturated rings. The minimum atomic E-state index is -0.607. The first-order chi connectivity index (χ1) is 17.1. The van der Waals surface area contributed by atoms with Crippen LogP contribution >= 0.6 is 11.6 Å². The number of allylic oxidation sites excluding steroid dienone is 3. The summed E-state index contributed by atoms with van der Waals surface area (Å²) >= 11 is 6.49. The summed E-state index contributed by atoms with van der Waals surface area (Å²) in [6.45, 7) is 0. The molecule has 35 heavy (non-hydrogen) atoms. The zero-order valence-corrected chi connectivity index (χ0v) is 18.8. The van der Waals surface area contributed by atoms with Crippen LogP contribution in [0.25, 0.3) is 22.8 Å². The summed E-state index contributed by atoms with van der Waals surface area (Å²) in [7, 11) is 0. The molecule has 6 rings (SSSR count). The normalized spacial score (nSPS) is 16.6. The molecule has 1 saturated carbocycles. The molecule has 1 aliphatic carbocycles. The number of hydrogen-bond donors (Lipinski definition) is 1. The molecule has 172 valence electrons. The molecule has 0 atom stereocenters. The summed E-state index contributed by atoms with van der Waals surface area (Å²) < 4.78 is 1.68. The van der Waals surface area contributed by atoms with Crippen LogP contribution in [-0.2, 0) is 4.79 Å². The SMILES string of the molecule is NC(=O)c1c(-c2cnc(-n3nccn3)c(Cl)c2)nn(C2=CC=CN3C(=C=O)C=CN=C23)c1C1CC1. The molecular weight excluding hydrogens is 470 g/mol. The molecule has 12 heteroatoms. The lowest BCUT2D eigenvalue weighted by Crippen LogP contribution is -2.32. The quantitative estimate of drug-likeness (QED) is 0.548. The van der Waals surface area contributed by atoms with Crippen LogP contribution < -0.4 is 5.73 Å². The molecule has 0 radical (unpaired) electrons. The fourth-order valence-electron chi connectivity index (χ4n) is 4.14. The fraction of sp³-hybridized carbons (Fsp3) is 0.130. The van der Waals surface area contributed by atoms with Gasteiger partial charge in [0.1, 0.15) is 17.1 Å². The number of nitrogens with two attached hydrogens (primary N) is 1. The van der Waals surface area contributed by atoms with E-state index in [0.717, 1.165) is 12.8 Å². The van der Waals surface area contributed by atoms with Crippen LogP contribution in [0, 0.1) is 0 Å². The standard InChI is InChI=1S/C23H16ClN9O2/c24-16-10-14(11-27-22(16)33-28-7-8-29-33)19-18(21(25)35)20(13-3-4-13)32(30-19)17-2-1-9-31-15(12-34)5-6-26-23(17)31/h1-2,5-11,13H,3-4H2,(H2,25,35). The van der Waals surface area contributed by atoms with Gasteiger partial charge in [-0.2, -0.15) is 15.3 Å². The third-order valence-corrected chi connectivity index (χ3v) is 6.08. The van der Waals surface area contributed by atoms with Crippen LogP contribution in [0.15, 0.2) is 66.0 Å². The Bertz CT molecular complexity index is 1550. The van der Waals surface area contributed by atoms with Crippen molar-refractivity contribution in [2.24, 2.45) is 10.7 Å². The Morgan fingerprint density at radius 2 is 2.03 bits per heavy atom. The van der Waals surface area contributed by atoms with Crippen LogP contribution in [0.2, 0.25) is 5.02 Å². The number of amidine groups is 1. The molecule has 3 aliphatic rings. The maximum absolute atomic E-state index is 12.7. The van der Waals surface area contributed by atoms with E-state index in [1.54, 1.807) is 40.2 Å². The van der Waals surface area contributed by atoms with Gasteiger partial charge in [0, 0.05) is 30.1 Å². The number of halogens is 1. The molecule has 0 unspecified atom stereocenters. The third-order valence-electron chi connectivity index (χ3n) is 5.80. The summed E-state index contributed by atoms with van der Waals surface area (Å²) in [5.74, 6) is 2.24. The van der Waals surface area contributed by atoms with Gasteiger partial charge in [-0.25, -0.2) is 19.5 Å². The van der Waals surface area contributed by atoms with Crippen LogP contribution in [0.3, 0.4) is 0 Å². The van der Waals surface area contributed by atoms with E-state index in [9.17, 15) is 9.59 Å². The number of nitrogens with zero attached hydrogens (tertiary/aromatic N) is 8. The fourth-order valence-corrected chi connectivity index (χ4v) is 4.39. The number of carbonyl (C=O) groups is 1. The Morgan fingerprint density at radius 3 is 2.71 bits per heavy atom. The molecule has 0 aromatic carbocycles. The van der Waals surface area contributed by atoms with Crippen molar-refractivity contribution in [2.45, 2.75) is 18.8 Å².